The fraction of sp³-hybridized carbons (Fsp3) is 0.286. The van der Waals surface area contributed by atoms with E-state index in [0.717, 1.165) is 5.69 Å². The van der Waals surface area contributed by atoms with Crippen LogP contribution >= 0.6 is 0 Å². The monoisotopic (exact) mass is 229 g/mol. The average Bonchev–Trinajstić information content (AvgIpc) is 2.29. The molecule has 3 heteroatoms. The van der Waals surface area contributed by atoms with E-state index in [1.165, 1.54) is 6.20 Å². The summed E-state index contributed by atoms with van der Waals surface area (Å²) in [5.41, 5.74) is 1.17. The van der Waals surface area contributed by atoms with Crippen molar-refractivity contribution in [3.63, 3.8) is 0 Å². The van der Waals surface area contributed by atoms with Crippen LogP contribution in [0.2, 0.25) is 0 Å². The van der Waals surface area contributed by atoms with Gasteiger partial charge in [0.05, 0.1) is 5.57 Å². The van der Waals surface area contributed by atoms with Crippen LogP contribution in [-0.2, 0) is 9.59 Å². The Morgan fingerprint density at radius 2 is 1.71 bits per heavy atom. The molecule has 0 bridgehead atoms. The SMILES string of the molecule is CC1CC(=O)C(=CNc2ccccc2)C(=O)C1. The van der Waals surface area contributed by atoms with Crippen molar-refractivity contribution in [2.24, 2.45) is 5.92 Å². The lowest BCUT2D eigenvalue weighted by Gasteiger charge is -2.17. The molecule has 1 saturated carbocycles. The predicted octanol–water partition coefficient (Wildman–Crippen LogP) is 2.55. The highest BCUT2D eigenvalue weighted by Gasteiger charge is 2.27. The van der Waals surface area contributed by atoms with Gasteiger partial charge in [-0.1, -0.05) is 25.1 Å². The van der Waals surface area contributed by atoms with Crippen molar-refractivity contribution in [1.29, 1.82) is 0 Å². The van der Waals surface area contributed by atoms with E-state index in [4.69, 9.17) is 0 Å². The molecule has 1 aliphatic carbocycles. The molecule has 3 nitrogen and oxygen atoms in total. The number of anilines is 1. The second-order valence-electron chi connectivity index (χ2n) is 4.43. The Hall–Kier alpha value is -1.90. The summed E-state index contributed by atoms with van der Waals surface area (Å²) in [4.78, 5) is 23.4. The van der Waals surface area contributed by atoms with Gasteiger partial charge in [0.2, 0.25) is 0 Å². The Bertz CT molecular complexity index is 442. The van der Waals surface area contributed by atoms with Crippen LogP contribution in [0, 0.1) is 5.92 Å². The Labute approximate surface area is 101 Å². The molecule has 0 heterocycles. The zero-order valence-electron chi connectivity index (χ0n) is 9.77. The Morgan fingerprint density at radius 3 is 2.29 bits per heavy atom. The summed E-state index contributed by atoms with van der Waals surface area (Å²) in [6.45, 7) is 1.93. The van der Waals surface area contributed by atoms with E-state index in [9.17, 15) is 9.59 Å². The molecule has 0 atom stereocenters. The number of carbonyl (C=O) groups is 2. The predicted molar refractivity (Wildman–Crippen MR) is 66.6 cm³/mol. The average molecular weight is 229 g/mol. The molecule has 88 valence electrons. The quantitative estimate of drug-likeness (QED) is 0.626. The molecule has 0 radical (unpaired) electrons. The molecule has 2 rings (SSSR count). The van der Waals surface area contributed by atoms with E-state index in [-0.39, 0.29) is 17.5 Å². The number of allylic oxidation sites excluding steroid dienone is 1. The van der Waals surface area contributed by atoms with E-state index in [2.05, 4.69) is 5.32 Å². The number of carbonyl (C=O) groups excluding carboxylic acids is 2. The first-order valence-electron chi connectivity index (χ1n) is 5.75. The maximum Gasteiger partial charge on any atom is 0.168 e. The van der Waals surface area contributed by atoms with Crippen molar-refractivity contribution < 1.29 is 9.59 Å². The first-order valence-corrected chi connectivity index (χ1v) is 5.75. The molecule has 1 aromatic rings. The molecule has 1 aliphatic rings. The zero-order valence-corrected chi connectivity index (χ0v) is 9.77. The summed E-state index contributed by atoms with van der Waals surface area (Å²) in [6, 6.07) is 9.48. The highest BCUT2D eigenvalue weighted by Crippen LogP contribution is 2.22. The van der Waals surface area contributed by atoms with Gasteiger partial charge in [0.25, 0.3) is 0 Å². The first-order chi connectivity index (χ1) is 8.16. The molecular weight excluding hydrogens is 214 g/mol. The molecule has 0 aliphatic heterocycles. The molecule has 0 saturated heterocycles. The van der Waals surface area contributed by atoms with E-state index in [1.807, 2.05) is 37.3 Å². The third-order valence-corrected chi connectivity index (χ3v) is 2.83. The summed E-state index contributed by atoms with van der Waals surface area (Å²) in [5, 5.41) is 2.99. The standard InChI is InChI=1S/C14H15NO2/c1-10-7-13(16)12(14(17)8-10)9-15-11-5-3-2-4-6-11/h2-6,9-10,15H,7-8H2,1H3. The smallest absolute Gasteiger partial charge is 0.168 e. The van der Waals surface area contributed by atoms with Gasteiger partial charge in [-0.25, -0.2) is 0 Å². The Morgan fingerprint density at radius 1 is 1.12 bits per heavy atom. The second kappa shape index (κ2) is 4.95. The fourth-order valence-electron chi connectivity index (χ4n) is 1.93. The lowest BCUT2D eigenvalue weighted by molar-refractivity contribution is -0.125. The Kier molecular flexibility index (Phi) is 3.38. The van der Waals surface area contributed by atoms with Crippen molar-refractivity contribution in [2.45, 2.75) is 19.8 Å². The van der Waals surface area contributed by atoms with Gasteiger partial charge in [0.1, 0.15) is 0 Å². The fourth-order valence-corrected chi connectivity index (χ4v) is 1.93. The van der Waals surface area contributed by atoms with Crippen molar-refractivity contribution in [2.75, 3.05) is 5.32 Å². The largest absolute Gasteiger partial charge is 0.361 e. The maximum absolute atomic E-state index is 11.7. The van der Waals surface area contributed by atoms with Gasteiger partial charge in [0.15, 0.2) is 11.6 Å². The van der Waals surface area contributed by atoms with Crippen LogP contribution in [0.25, 0.3) is 0 Å². The number of hydrogen-bond acceptors (Lipinski definition) is 3. The zero-order chi connectivity index (χ0) is 12.3. The normalized spacial score (nSPS) is 20.3. The van der Waals surface area contributed by atoms with Crippen LogP contribution < -0.4 is 5.32 Å². The molecular formula is C14H15NO2. The number of benzene rings is 1. The van der Waals surface area contributed by atoms with Crippen molar-refractivity contribution in [3.8, 4) is 0 Å². The van der Waals surface area contributed by atoms with Crippen LogP contribution in [0.3, 0.4) is 0 Å². The molecule has 0 amide bonds. The highest BCUT2D eigenvalue weighted by molar-refractivity contribution is 6.22. The minimum Gasteiger partial charge on any atom is -0.361 e. The summed E-state index contributed by atoms with van der Waals surface area (Å²) in [5.74, 6) is 0.0539. The van der Waals surface area contributed by atoms with Gasteiger partial charge >= 0.3 is 0 Å². The third-order valence-electron chi connectivity index (χ3n) is 2.83. The Balaban J connectivity index is 2.11. The summed E-state index contributed by atoms with van der Waals surface area (Å²) < 4.78 is 0. The second-order valence-corrected chi connectivity index (χ2v) is 4.43. The van der Waals surface area contributed by atoms with Gasteiger partial charge in [-0.15, -0.1) is 0 Å². The van der Waals surface area contributed by atoms with E-state index in [0.29, 0.717) is 18.4 Å². The van der Waals surface area contributed by atoms with Gasteiger partial charge in [-0.2, -0.15) is 0 Å². The summed E-state index contributed by atoms with van der Waals surface area (Å²) in [7, 11) is 0. The van der Waals surface area contributed by atoms with Crippen molar-refractivity contribution in [1.82, 2.24) is 0 Å². The lowest BCUT2D eigenvalue weighted by Crippen LogP contribution is -2.24. The maximum atomic E-state index is 11.7. The highest BCUT2D eigenvalue weighted by atomic mass is 16.1. The molecule has 1 fully saturated rings. The molecule has 17 heavy (non-hydrogen) atoms. The molecule has 1 N–H and O–H groups in total. The van der Waals surface area contributed by atoms with Crippen molar-refractivity contribution in [3.05, 3.63) is 42.1 Å². The number of ketones is 2. The summed E-state index contributed by atoms with van der Waals surface area (Å²) >= 11 is 0. The summed E-state index contributed by atoms with van der Waals surface area (Å²) in [6.07, 6.45) is 2.47. The number of hydrogen-bond donors (Lipinski definition) is 1. The minimum absolute atomic E-state index is 0.0582. The topological polar surface area (TPSA) is 46.2 Å². The minimum atomic E-state index is -0.0582. The number of para-hydroxylation sites is 1. The lowest BCUT2D eigenvalue weighted by atomic mass is 9.85. The first kappa shape index (κ1) is 11.6. The molecule has 1 aromatic carbocycles. The third kappa shape index (κ3) is 2.81. The van der Waals surface area contributed by atoms with Crippen LogP contribution in [0.15, 0.2) is 42.1 Å². The number of Topliss-reactive ketones (excluding diaryl/α,β-unsaturated/α-hetero) is 2. The number of rotatable bonds is 2. The van der Waals surface area contributed by atoms with Crippen LogP contribution in [0.5, 0.6) is 0 Å². The van der Waals surface area contributed by atoms with Crippen molar-refractivity contribution >= 4 is 17.3 Å². The van der Waals surface area contributed by atoms with Gasteiger partial charge < -0.3 is 5.32 Å². The van der Waals surface area contributed by atoms with Crippen LogP contribution in [-0.4, -0.2) is 11.6 Å². The van der Waals surface area contributed by atoms with Gasteiger partial charge in [0, 0.05) is 24.7 Å². The van der Waals surface area contributed by atoms with Crippen LogP contribution in [0.4, 0.5) is 5.69 Å². The molecule has 0 aromatic heterocycles. The molecule has 0 spiro atoms. The van der Waals surface area contributed by atoms with E-state index < -0.39 is 0 Å². The van der Waals surface area contributed by atoms with Crippen LogP contribution in [0.1, 0.15) is 19.8 Å². The van der Waals surface area contributed by atoms with E-state index >= 15 is 0 Å². The van der Waals surface area contributed by atoms with Gasteiger partial charge in [-0.05, 0) is 18.1 Å². The van der Waals surface area contributed by atoms with Gasteiger partial charge in [-0.3, -0.25) is 9.59 Å². The van der Waals surface area contributed by atoms with E-state index in [1.54, 1.807) is 0 Å². The number of nitrogens with one attached hydrogen (secondary N) is 1. The molecule has 0 unspecified atom stereocenters.